The van der Waals surface area contributed by atoms with Crippen molar-refractivity contribution in [1.82, 2.24) is 10.6 Å². The Morgan fingerprint density at radius 3 is 2.86 bits per heavy atom. The summed E-state index contributed by atoms with van der Waals surface area (Å²) in [5, 5.41) is 5.64. The van der Waals surface area contributed by atoms with Crippen molar-refractivity contribution in [3.8, 4) is 0 Å². The fourth-order valence-corrected chi connectivity index (χ4v) is 2.05. The van der Waals surface area contributed by atoms with Crippen molar-refractivity contribution < 1.29 is 9.59 Å². The summed E-state index contributed by atoms with van der Waals surface area (Å²) >= 11 is 1.73. The Balaban J connectivity index is 2.36. The number of carbonyl (C=O) groups is 2. The van der Waals surface area contributed by atoms with E-state index in [4.69, 9.17) is 5.73 Å². The first-order chi connectivity index (χ1) is 6.61. The van der Waals surface area contributed by atoms with Gasteiger partial charge < -0.3 is 16.4 Å². The van der Waals surface area contributed by atoms with Crippen molar-refractivity contribution in [3.05, 3.63) is 0 Å². The van der Waals surface area contributed by atoms with Crippen LogP contribution in [-0.4, -0.2) is 41.9 Å². The number of hydrogen-bond donors (Lipinski definition) is 3. The molecular formula is C8H15N3O2S. The number of thioether (sulfide) groups is 1. The molecule has 1 heterocycles. The number of nitrogens with one attached hydrogen (secondary N) is 2. The largest absolute Gasteiger partial charge is 0.368 e. The van der Waals surface area contributed by atoms with E-state index in [1.165, 1.54) is 0 Å². The van der Waals surface area contributed by atoms with Crippen molar-refractivity contribution >= 4 is 23.6 Å². The molecule has 1 unspecified atom stereocenters. The van der Waals surface area contributed by atoms with Crippen LogP contribution in [0.1, 0.15) is 6.92 Å². The summed E-state index contributed by atoms with van der Waals surface area (Å²) in [5.74, 6) is 1.11. The number of nitrogens with two attached hydrogens (primary N) is 1. The van der Waals surface area contributed by atoms with E-state index in [-0.39, 0.29) is 11.9 Å². The molecule has 2 amide bonds. The Kier molecular flexibility index (Phi) is 4.21. The summed E-state index contributed by atoms with van der Waals surface area (Å²) in [6, 6.07) is -0.799. The zero-order chi connectivity index (χ0) is 10.6. The monoisotopic (exact) mass is 217 g/mol. The molecule has 0 aromatic carbocycles. The van der Waals surface area contributed by atoms with Crippen LogP contribution in [0.3, 0.4) is 0 Å². The molecule has 80 valence electrons. The number of primary amides is 1. The molecule has 1 fully saturated rings. The van der Waals surface area contributed by atoms with E-state index in [2.05, 4.69) is 10.6 Å². The third-order valence-corrected chi connectivity index (χ3v) is 3.09. The Morgan fingerprint density at radius 1 is 1.64 bits per heavy atom. The first-order valence-corrected chi connectivity index (χ1v) is 5.67. The van der Waals surface area contributed by atoms with Crippen LogP contribution in [0.25, 0.3) is 0 Å². The Bertz CT molecular complexity index is 229. The molecule has 0 radical (unpaired) electrons. The standard InChI is InChI=1S/C8H15N3O2S/c1-5(7(9)12)11-8(13)6-4-14-3-2-10-6/h5-6,10H,2-4H2,1H3,(H2,9,12)(H,11,13)/t5-,6?/m0/s1. The molecular weight excluding hydrogens is 202 g/mol. The number of carbonyl (C=O) groups excluding carboxylic acids is 2. The van der Waals surface area contributed by atoms with Gasteiger partial charge >= 0.3 is 0 Å². The molecule has 0 aliphatic carbocycles. The van der Waals surface area contributed by atoms with Gasteiger partial charge in [0.05, 0.1) is 6.04 Å². The van der Waals surface area contributed by atoms with Gasteiger partial charge in [0.2, 0.25) is 11.8 Å². The van der Waals surface area contributed by atoms with Crippen LogP contribution in [0.15, 0.2) is 0 Å². The molecule has 1 aliphatic heterocycles. The van der Waals surface area contributed by atoms with Crippen LogP contribution in [0, 0.1) is 0 Å². The first kappa shape index (κ1) is 11.3. The molecule has 5 nitrogen and oxygen atoms in total. The molecule has 0 aromatic heterocycles. The minimum atomic E-state index is -0.601. The van der Waals surface area contributed by atoms with Crippen molar-refractivity contribution in [1.29, 1.82) is 0 Å². The highest BCUT2D eigenvalue weighted by molar-refractivity contribution is 7.99. The van der Waals surface area contributed by atoms with E-state index in [0.717, 1.165) is 18.1 Å². The predicted molar refractivity (Wildman–Crippen MR) is 55.9 cm³/mol. The van der Waals surface area contributed by atoms with Crippen molar-refractivity contribution in [3.63, 3.8) is 0 Å². The second-order valence-electron chi connectivity index (χ2n) is 3.21. The van der Waals surface area contributed by atoms with Crippen molar-refractivity contribution in [2.24, 2.45) is 5.73 Å². The molecule has 0 saturated carbocycles. The van der Waals surface area contributed by atoms with Crippen LogP contribution in [0.5, 0.6) is 0 Å². The molecule has 1 rings (SSSR count). The van der Waals surface area contributed by atoms with Gasteiger partial charge in [-0.05, 0) is 6.92 Å². The van der Waals surface area contributed by atoms with Gasteiger partial charge in [0.1, 0.15) is 6.04 Å². The number of amides is 2. The second-order valence-corrected chi connectivity index (χ2v) is 4.36. The maximum atomic E-state index is 11.5. The lowest BCUT2D eigenvalue weighted by atomic mass is 10.2. The van der Waals surface area contributed by atoms with E-state index >= 15 is 0 Å². The number of hydrogen-bond acceptors (Lipinski definition) is 4. The average Bonchev–Trinajstić information content (AvgIpc) is 2.19. The summed E-state index contributed by atoms with van der Waals surface area (Å²) in [7, 11) is 0. The van der Waals surface area contributed by atoms with Crippen LogP contribution in [0.2, 0.25) is 0 Å². The molecule has 0 spiro atoms. The minimum absolute atomic E-state index is 0.150. The van der Waals surface area contributed by atoms with Gasteiger partial charge in [0.25, 0.3) is 0 Å². The molecule has 14 heavy (non-hydrogen) atoms. The molecule has 2 atom stereocenters. The first-order valence-electron chi connectivity index (χ1n) is 4.52. The zero-order valence-corrected chi connectivity index (χ0v) is 8.89. The lowest BCUT2D eigenvalue weighted by Crippen LogP contribution is -2.53. The normalized spacial score (nSPS) is 23.9. The molecule has 6 heteroatoms. The highest BCUT2D eigenvalue weighted by Crippen LogP contribution is 2.07. The molecule has 1 saturated heterocycles. The second kappa shape index (κ2) is 5.21. The molecule has 0 bridgehead atoms. The Labute approximate surface area is 87.2 Å². The van der Waals surface area contributed by atoms with Gasteiger partial charge in [0, 0.05) is 18.1 Å². The maximum Gasteiger partial charge on any atom is 0.239 e. The number of rotatable bonds is 3. The minimum Gasteiger partial charge on any atom is -0.368 e. The lowest BCUT2D eigenvalue weighted by Gasteiger charge is -2.23. The van der Waals surface area contributed by atoms with Gasteiger partial charge in [0.15, 0.2) is 0 Å². The quantitative estimate of drug-likeness (QED) is 0.547. The van der Waals surface area contributed by atoms with Gasteiger partial charge in [-0.15, -0.1) is 0 Å². The van der Waals surface area contributed by atoms with E-state index in [9.17, 15) is 9.59 Å². The van der Waals surface area contributed by atoms with Crippen molar-refractivity contribution in [2.45, 2.75) is 19.0 Å². The predicted octanol–water partition coefficient (Wildman–Crippen LogP) is -1.32. The maximum absolute atomic E-state index is 11.5. The topological polar surface area (TPSA) is 84.2 Å². The Hall–Kier alpha value is -0.750. The fraction of sp³-hybridized carbons (Fsp3) is 0.750. The van der Waals surface area contributed by atoms with Crippen LogP contribution < -0.4 is 16.4 Å². The smallest absolute Gasteiger partial charge is 0.239 e. The highest BCUT2D eigenvalue weighted by atomic mass is 32.2. The highest BCUT2D eigenvalue weighted by Gasteiger charge is 2.23. The van der Waals surface area contributed by atoms with Crippen LogP contribution in [0.4, 0.5) is 0 Å². The summed E-state index contributed by atoms with van der Waals surface area (Å²) in [4.78, 5) is 22.2. The van der Waals surface area contributed by atoms with Crippen LogP contribution >= 0.6 is 11.8 Å². The molecule has 1 aliphatic rings. The zero-order valence-electron chi connectivity index (χ0n) is 8.08. The summed E-state index contributed by atoms with van der Waals surface area (Å²) in [5.41, 5.74) is 5.03. The van der Waals surface area contributed by atoms with E-state index in [1.807, 2.05) is 0 Å². The lowest BCUT2D eigenvalue weighted by molar-refractivity contribution is -0.127. The average molecular weight is 217 g/mol. The van der Waals surface area contributed by atoms with E-state index < -0.39 is 11.9 Å². The van der Waals surface area contributed by atoms with Crippen molar-refractivity contribution in [2.75, 3.05) is 18.1 Å². The summed E-state index contributed by atoms with van der Waals surface area (Å²) in [6.07, 6.45) is 0. The molecule has 0 aromatic rings. The Morgan fingerprint density at radius 2 is 2.36 bits per heavy atom. The van der Waals surface area contributed by atoms with E-state index in [1.54, 1.807) is 18.7 Å². The fourth-order valence-electron chi connectivity index (χ4n) is 1.12. The van der Waals surface area contributed by atoms with Crippen LogP contribution in [-0.2, 0) is 9.59 Å². The van der Waals surface area contributed by atoms with Gasteiger partial charge in [-0.2, -0.15) is 11.8 Å². The van der Waals surface area contributed by atoms with Gasteiger partial charge in [-0.1, -0.05) is 0 Å². The molecule has 4 N–H and O–H groups in total. The third-order valence-electron chi connectivity index (χ3n) is 2.02. The van der Waals surface area contributed by atoms with E-state index in [0.29, 0.717) is 0 Å². The summed E-state index contributed by atoms with van der Waals surface area (Å²) < 4.78 is 0. The van der Waals surface area contributed by atoms with Gasteiger partial charge in [-0.3, -0.25) is 9.59 Å². The van der Waals surface area contributed by atoms with Gasteiger partial charge in [-0.25, -0.2) is 0 Å². The third kappa shape index (κ3) is 3.19. The SMILES string of the molecule is C[C@H](NC(=O)C1CSCCN1)C(N)=O. The summed E-state index contributed by atoms with van der Waals surface area (Å²) in [6.45, 7) is 2.41.